The van der Waals surface area contributed by atoms with E-state index in [4.69, 9.17) is 0 Å². The molecule has 0 unspecified atom stereocenters. The van der Waals surface area contributed by atoms with Gasteiger partial charge < -0.3 is 0 Å². The second-order valence-corrected chi connectivity index (χ2v) is 238. The summed E-state index contributed by atoms with van der Waals surface area (Å²) in [6.07, 6.45) is 0. The van der Waals surface area contributed by atoms with Crippen molar-refractivity contribution in [1.29, 1.82) is 0 Å². The standard InChI is InChI=1S/C36H110Si18/c1-37(2)39(5,6)41(9,10)43(13,14)45(17,18)47(21,22)49(25,26)51(29,30)53(33,34)54(35,36)52(31,32)50(27,28)48(23,24)46(19,20)44(15,16)42(11,12)40(7,8)38(3)4/h37-38H,1-36H3. The molecule has 0 aliphatic heterocycles. The maximum Gasteiger partial charge on any atom is 0.0307 e. The molecule has 0 atom stereocenters. The minimum absolute atomic E-state index is 0.624. The van der Waals surface area contributed by atoms with Gasteiger partial charge in [0.2, 0.25) is 0 Å². The zero-order valence-corrected chi connectivity index (χ0v) is 63.5. The molecule has 0 aromatic carbocycles. The Morgan fingerprint density at radius 2 is 0.222 bits per heavy atom. The monoisotopic (exact) mass is 1050 g/mol. The minimum atomic E-state index is -1.55. The first-order valence-electron chi connectivity index (χ1n) is 22.6. The molecule has 0 aromatic heterocycles. The van der Waals surface area contributed by atoms with E-state index in [1.165, 1.54) is 0 Å². The molecule has 0 radical (unpaired) electrons. The lowest BCUT2D eigenvalue weighted by atomic mass is 11.9. The third kappa shape index (κ3) is 7.40. The van der Waals surface area contributed by atoms with E-state index in [0.717, 1.165) is 0 Å². The molecule has 326 valence electrons. The van der Waals surface area contributed by atoms with Gasteiger partial charge in [0.25, 0.3) is 0 Å². The van der Waals surface area contributed by atoms with Gasteiger partial charge in [-0.25, -0.2) is 0 Å². The Balaban J connectivity index is 7.78. The van der Waals surface area contributed by atoms with E-state index in [1.54, 1.807) is 0 Å². The Morgan fingerprint density at radius 3 is 0.296 bits per heavy atom. The molecular weight excluding hydrogens is 938 g/mol. The Morgan fingerprint density at radius 1 is 0.148 bits per heavy atom. The van der Waals surface area contributed by atoms with Crippen LogP contribution in [0.4, 0.5) is 0 Å². The van der Waals surface area contributed by atoms with Crippen LogP contribution in [0.25, 0.3) is 0 Å². The smallest absolute Gasteiger partial charge is 0.0307 e. The molecule has 0 amide bonds. The molecule has 0 saturated carbocycles. The number of hydrogen-bond acceptors (Lipinski definition) is 0. The summed E-state index contributed by atoms with van der Waals surface area (Å²) in [5, 5.41) is 0. The van der Waals surface area contributed by atoms with Crippen LogP contribution in [-0.4, -0.2) is 130 Å². The fraction of sp³-hybridized carbons (Fsp3) is 1.00. The predicted octanol–water partition coefficient (Wildman–Crippen LogP) is 13.6. The molecule has 18 heteroatoms. The zero-order chi connectivity index (χ0) is 45.2. The zero-order valence-electron chi connectivity index (χ0n) is 45.2. The lowest BCUT2D eigenvalue weighted by Gasteiger charge is -2.70. The summed E-state index contributed by atoms with van der Waals surface area (Å²) in [5.41, 5.74) is 0. The highest BCUT2D eigenvalue weighted by Gasteiger charge is 2.75. The summed E-state index contributed by atoms with van der Waals surface area (Å²) in [5.74, 6) is 0. The Bertz CT molecular complexity index is 1240. The molecule has 0 fully saturated rings. The van der Waals surface area contributed by atoms with E-state index < -0.39 is 130 Å². The first-order valence-corrected chi connectivity index (χ1v) is 93.9. The van der Waals surface area contributed by atoms with Gasteiger partial charge in [-0.05, 0) is 0 Å². The summed E-state index contributed by atoms with van der Waals surface area (Å²) in [4.78, 5) is 0. The van der Waals surface area contributed by atoms with E-state index >= 15 is 0 Å². The van der Waals surface area contributed by atoms with Gasteiger partial charge in [-0.1, -0.05) is 236 Å². The number of hydrogen-bond donors (Lipinski definition) is 0. The molecule has 0 aromatic rings. The summed E-state index contributed by atoms with van der Waals surface area (Å²) >= 11 is 0. The minimum Gasteiger partial charge on any atom is -0.0743 e. The van der Waals surface area contributed by atoms with Crippen molar-refractivity contribution in [3.05, 3.63) is 0 Å². The Kier molecular flexibility index (Phi) is 17.0. The van der Waals surface area contributed by atoms with Crippen molar-refractivity contribution < 1.29 is 0 Å². The fourth-order valence-corrected chi connectivity index (χ4v) is 639. The summed E-state index contributed by atoms with van der Waals surface area (Å²) in [6, 6.07) is 0. The third-order valence-electron chi connectivity index (χ3n) is 26.4. The van der Waals surface area contributed by atoms with Crippen molar-refractivity contribution in [2.24, 2.45) is 0 Å². The van der Waals surface area contributed by atoms with Gasteiger partial charge in [0.15, 0.2) is 0 Å². The van der Waals surface area contributed by atoms with Gasteiger partial charge in [0, 0.05) is 130 Å². The average Bonchev–Trinajstić information content (AvgIpc) is 2.95. The summed E-state index contributed by atoms with van der Waals surface area (Å²) < 4.78 is 0. The van der Waals surface area contributed by atoms with Crippen molar-refractivity contribution in [3.8, 4) is 0 Å². The second-order valence-electron chi connectivity index (χ2n) is 28.5. The van der Waals surface area contributed by atoms with E-state index in [9.17, 15) is 0 Å². The lowest BCUT2D eigenvalue weighted by molar-refractivity contribution is 1.72. The van der Waals surface area contributed by atoms with Crippen LogP contribution in [0.1, 0.15) is 0 Å². The van der Waals surface area contributed by atoms with Gasteiger partial charge >= 0.3 is 0 Å². The van der Waals surface area contributed by atoms with E-state index in [1.807, 2.05) is 0 Å². The molecule has 0 spiro atoms. The van der Waals surface area contributed by atoms with Crippen LogP contribution >= 0.6 is 0 Å². The van der Waals surface area contributed by atoms with Crippen molar-refractivity contribution in [3.63, 3.8) is 0 Å². The molecule has 0 nitrogen and oxygen atoms in total. The van der Waals surface area contributed by atoms with Gasteiger partial charge in [-0.3, -0.25) is 0 Å². The van der Waals surface area contributed by atoms with Crippen LogP contribution in [0.15, 0.2) is 0 Å². The van der Waals surface area contributed by atoms with Crippen LogP contribution < -0.4 is 0 Å². The first-order chi connectivity index (χ1) is 22.6. The van der Waals surface area contributed by atoms with Crippen molar-refractivity contribution in [2.45, 2.75) is 236 Å². The van der Waals surface area contributed by atoms with Crippen LogP contribution in [0.2, 0.25) is 236 Å². The van der Waals surface area contributed by atoms with Crippen LogP contribution in [0, 0.1) is 0 Å². The molecule has 54 heavy (non-hydrogen) atoms. The maximum atomic E-state index is 3.12. The SMILES string of the molecule is C[SiH](C)[Si](C)(C)[Si](C)(C)[Si](C)(C)[Si](C)(C)[Si](C)(C)[Si](C)(C)[Si](C)(C)[Si](C)(C)[Si](C)(C)[Si](C)(C)[Si](C)(C)[Si](C)(C)[Si](C)(C)[Si](C)(C)[Si](C)(C)[Si](C)(C)[SiH](C)C. The molecule has 0 saturated heterocycles. The molecule has 0 aliphatic carbocycles. The van der Waals surface area contributed by atoms with E-state index in [0.29, 0.717) is 0 Å². The third-order valence-corrected chi connectivity index (χ3v) is 453. The highest BCUT2D eigenvalue weighted by atomic mass is 30.2. The summed E-state index contributed by atoms with van der Waals surface area (Å²) in [7, 11) is -24.1. The Hall–Kier alpha value is 3.90. The van der Waals surface area contributed by atoms with Crippen LogP contribution in [0.3, 0.4) is 0 Å². The Labute approximate surface area is 362 Å². The molecule has 0 heterocycles. The van der Waals surface area contributed by atoms with E-state index in [2.05, 4.69) is 236 Å². The molecule has 0 rings (SSSR count). The molecule has 0 N–H and O–H groups in total. The van der Waals surface area contributed by atoms with Crippen LogP contribution in [-0.2, 0) is 0 Å². The van der Waals surface area contributed by atoms with Gasteiger partial charge in [0.05, 0.1) is 0 Å². The van der Waals surface area contributed by atoms with Gasteiger partial charge in [-0.15, -0.1) is 0 Å². The average molecular weight is 1050 g/mol. The summed E-state index contributed by atoms with van der Waals surface area (Å²) in [6.45, 7) is 109. The second kappa shape index (κ2) is 15.9. The fourth-order valence-electron chi connectivity index (χ4n) is 12.4. The lowest BCUT2D eigenvalue weighted by Crippen LogP contribution is -2.98. The van der Waals surface area contributed by atoms with Gasteiger partial charge in [0.1, 0.15) is 0 Å². The largest absolute Gasteiger partial charge is 0.0743 e. The maximum absolute atomic E-state index is 3.12. The highest BCUT2D eigenvalue weighted by Crippen LogP contribution is 2.51. The van der Waals surface area contributed by atoms with Gasteiger partial charge in [-0.2, -0.15) is 0 Å². The van der Waals surface area contributed by atoms with Crippen LogP contribution in [0.5, 0.6) is 0 Å². The topological polar surface area (TPSA) is 0 Å². The molecule has 0 aliphatic rings. The normalized spacial score (nSPS) is 17.2. The van der Waals surface area contributed by atoms with Crippen molar-refractivity contribution in [1.82, 2.24) is 0 Å². The molecule has 0 bridgehead atoms. The first kappa shape index (κ1) is 57.9. The van der Waals surface area contributed by atoms with Crippen molar-refractivity contribution >= 4 is 130 Å². The van der Waals surface area contributed by atoms with Crippen molar-refractivity contribution in [2.75, 3.05) is 0 Å². The quantitative estimate of drug-likeness (QED) is 0.127. The number of rotatable bonds is 17. The predicted molar refractivity (Wildman–Crippen MR) is 317 cm³/mol. The highest BCUT2D eigenvalue weighted by molar-refractivity contribution is 8.12. The molecular formula is C36H110Si18. The van der Waals surface area contributed by atoms with E-state index in [-0.39, 0.29) is 0 Å².